The van der Waals surface area contributed by atoms with Crippen molar-refractivity contribution in [1.82, 2.24) is 4.98 Å². The highest BCUT2D eigenvalue weighted by Gasteiger charge is 2.23. The molecule has 5 heteroatoms. The second-order valence-corrected chi connectivity index (χ2v) is 6.04. The standard InChI is InChI=1S/C15H18FN3S/c1-2-19(11-8-6-10(16)7-9-11)15-18-13-5-3-4-12(17)14(13)20-15/h6-9,12H,2-5,17H2,1H3. The van der Waals surface area contributed by atoms with Crippen molar-refractivity contribution in [3.63, 3.8) is 0 Å². The number of anilines is 2. The first-order chi connectivity index (χ1) is 9.69. The van der Waals surface area contributed by atoms with E-state index in [1.165, 1.54) is 17.0 Å². The van der Waals surface area contributed by atoms with E-state index in [0.29, 0.717) is 0 Å². The van der Waals surface area contributed by atoms with Crippen molar-refractivity contribution in [3.8, 4) is 0 Å². The number of aryl methyl sites for hydroxylation is 1. The lowest BCUT2D eigenvalue weighted by molar-refractivity contribution is 0.573. The molecule has 3 rings (SSSR count). The van der Waals surface area contributed by atoms with Crippen molar-refractivity contribution in [2.75, 3.05) is 11.4 Å². The molecule has 1 unspecified atom stereocenters. The third kappa shape index (κ3) is 2.43. The highest BCUT2D eigenvalue weighted by atomic mass is 32.1. The fourth-order valence-corrected chi connectivity index (χ4v) is 3.84. The Balaban J connectivity index is 1.95. The fraction of sp³-hybridized carbons (Fsp3) is 0.400. The average molecular weight is 291 g/mol. The number of rotatable bonds is 3. The van der Waals surface area contributed by atoms with Gasteiger partial charge < -0.3 is 10.6 Å². The summed E-state index contributed by atoms with van der Waals surface area (Å²) < 4.78 is 13.0. The monoisotopic (exact) mass is 291 g/mol. The summed E-state index contributed by atoms with van der Waals surface area (Å²) in [6.45, 7) is 2.87. The molecule has 1 aromatic heterocycles. The lowest BCUT2D eigenvalue weighted by Crippen LogP contribution is -2.16. The number of benzene rings is 1. The molecule has 106 valence electrons. The molecule has 0 amide bonds. The number of fused-ring (bicyclic) bond motifs is 1. The van der Waals surface area contributed by atoms with E-state index in [1.54, 1.807) is 23.5 Å². The van der Waals surface area contributed by atoms with Crippen LogP contribution in [0.2, 0.25) is 0 Å². The van der Waals surface area contributed by atoms with Crippen molar-refractivity contribution >= 4 is 22.2 Å². The van der Waals surface area contributed by atoms with Crippen LogP contribution in [0, 0.1) is 5.82 Å². The van der Waals surface area contributed by atoms with E-state index >= 15 is 0 Å². The van der Waals surface area contributed by atoms with Gasteiger partial charge in [0.1, 0.15) is 5.82 Å². The molecule has 20 heavy (non-hydrogen) atoms. The smallest absolute Gasteiger partial charge is 0.190 e. The number of aromatic nitrogens is 1. The van der Waals surface area contributed by atoms with E-state index in [9.17, 15) is 4.39 Å². The van der Waals surface area contributed by atoms with Gasteiger partial charge >= 0.3 is 0 Å². The molecule has 0 saturated heterocycles. The van der Waals surface area contributed by atoms with Crippen LogP contribution in [0.1, 0.15) is 36.4 Å². The van der Waals surface area contributed by atoms with Gasteiger partial charge in [-0.1, -0.05) is 11.3 Å². The van der Waals surface area contributed by atoms with Gasteiger partial charge in [-0.3, -0.25) is 0 Å². The van der Waals surface area contributed by atoms with Crippen LogP contribution in [0.25, 0.3) is 0 Å². The Labute approximate surface area is 122 Å². The summed E-state index contributed by atoms with van der Waals surface area (Å²) in [4.78, 5) is 8.06. The molecule has 0 bridgehead atoms. The zero-order valence-electron chi connectivity index (χ0n) is 11.5. The van der Waals surface area contributed by atoms with Crippen molar-refractivity contribution in [3.05, 3.63) is 40.7 Å². The lowest BCUT2D eigenvalue weighted by atomic mass is 9.99. The number of thiazole rings is 1. The number of nitrogens with zero attached hydrogens (tertiary/aromatic N) is 2. The Morgan fingerprint density at radius 3 is 2.80 bits per heavy atom. The van der Waals surface area contributed by atoms with Crippen LogP contribution >= 0.6 is 11.3 Å². The fourth-order valence-electron chi connectivity index (χ4n) is 2.60. The van der Waals surface area contributed by atoms with Gasteiger partial charge in [0, 0.05) is 23.2 Å². The largest absolute Gasteiger partial charge is 0.323 e. The molecule has 1 heterocycles. The second kappa shape index (κ2) is 5.50. The first-order valence-corrected chi connectivity index (χ1v) is 7.79. The number of hydrogen-bond acceptors (Lipinski definition) is 4. The van der Waals surface area contributed by atoms with E-state index in [-0.39, 0.29) is 11.9 Å². The quantitative estimate of drug-likeness (QED) is 0.936. The third-order valence-corrected chi connectivity index (χ3v) is 4.92. The van der Waals surface area contributed by atoms with Crippen LogP contribution in [0.15, 0.2) is 24.3 Å². The van der Waals surface area contributed by atoms with Gasteiger partial charge in [0.05, 0.1) is 5.69 Å². The van der Waals surface area contributed by atoms with Crippen LogP contribution in [-0.4, -0.2) is 11.5 Å². The van der Waals surface area contributed by atoms with E-state index in [2.05, 4.69) is 11.8 Å². The zero-order valence-corrected chi connectivity index (χ0v) is 12.3. The molecule has 0 fully saturated rings. The highest BCUT2D eigenvalue weighted by molar-refractivity contribution is 7.15. The maximum Gasteiger partial charge on any atom is 0.190 e. The summed E-state index contributed by atoms with van der Waals surface area (Å²) >= 11 is 1.67. The van der Waals surface area contributed by atoms with Crippen LogP contribution < -0.4 is 10.6 Å². The van der Waals surface area contributed by atoms with Gasteiger partial charge in [0.15, 0.2) is 5.13 Å². The minimum atomic E-state index is -0.217. The van der Waals surface area contributed by atoms with Crippen LogP contribution in [0.4, 0.5) is 15.2 Å². The Kier molecular flexibility index (Phi) is 3.72. The van der Waals surface area contributed by atoms with Gasteiger partial charge in [-0.2, -0.15) is 0 Å². The molecule has 2 N–H and O–H groups in total. The van der Waals surface area contributed by atoms with Crippen LogP contribution in [0.3, 0.4) is 0 Å². The van der Waals surface area contributed by atoms with E-state index in [1.807, 2.05) is 0 Å². The van der Waals surface area contributed by atoms with Crippen LogP contribution in [-0.2, 0) is 6.42 Å². The Bertz CT molecular complexity index is 594. The number of hydrogen-bond donors (Lipinski definition) is 1. The van der Waals surface area contributed by atoms with Gasteiger partial charge in [0.25, 0.3) is 0 Å². The van der Waals surface area contributed by atoms with Crippen molar-refractivity contribution < 1.29 is 4.39 Å². The molecule has 0 aliphatic heterocycles. The Hall–Kier alpha value is -1.46. The molecule has 2 aromatic rings. The third-order valence-electron chi connectivity index (χ3n) is 3.67. The van der Waals surface area contributed by atoms with Crippen molar-refractivity contribution in [2.45, 2.75) is 32.2 Å². The SMILES string of the molecule is CCN(c1ccc(F)cc1)c1nc2c(s1)C(N)CCC2. The van der Waals surface area contributed by atoms with E-state index < -0.39 is 0 Å². The predicted molar refractivity (Wildman–Crippen MR) is 81.1 cm³/mol. The topological polar surface area (TPSA) is 42.2 Å². The first kappa shape index (κ1) is 13.5. The average Bonchev–Trinajstić information content (AvgIpc) is 2.87. The summed E-state index contributed by atoms with van der Waals surface area (Å²) in [5, 5.41) is 0.960. The molecule has 3 nitrogen and oxygen atoms in total. The Morgan fingerprint density at radius 2 is 2.15 bits per heavy atom. The maximum absolute atomic E-state index is 13.0. The minimum absolute atomic E-state index is 0.122. The zero-order chi connectivity index (χ0) is 14.1. The maximum atomic E-state index is 13.0. The number of halogens is 1. The molecule has 1 aliphatic carbocycles. The normalized spacial score (nSPS) is 17.9. The Morgan fingerprint density at radius 1 is 1.40 bits per heavy atom. The summed E-state index contributed by atoms with van der Waals surface area (Å²) in [7, 11) is 0. The molecular weight excluding hydrogens is 273 g/mol. The summed E-state index contributed by atoms with van der Waals surface area (Å²) in [6.07, 6.45) is 3.16. The highest BCUT2D eigenvalue weighted by Crippen LogP contribution is 2.38. The van der Waals surface area contributed by atoms with Gasteiger partial charge in [0.2, 0.25) is 0 Å². The molecule has 0 radical (unpaired) electrons. The van der Waals surface area contributed by atoms with Crippen molar-refractivity contribution in [1.29, 1.82) is 0 Å². The first-order valence-electron chi connectivity index (χ1n) is 6.97. The molecular formula is C15H18FN3S. The lowest BCUT2D eigenvalue weighted by Gasteiger charge is -2.19. The van der Waals surface area contributed by atoms with Gasteiger partial charge in [-0.15, -0.1) is 0 Å². The molecule has 1 aliphatic rings. The molecule has 1 atom stereocenters. The van der Waals surface area contributed by atoms with E-state index in [0.717, 1.165) is 42.3 Å². The summed E-state index contributed by atoms with van der Waals surface area (Å²) in [5.41, 5.74) is 8.27. The molecule has 0 saturated carbocycles. The van der Waals surface area contributed by atoms with Crippen molar-refractivity contribution in [2.24, 2.45) is 5.73 Å². The van der Waals surface area contributed by atoms with Crippen LogP contribution in [0.5, 0.6) is 0 Å². The second-order valence-electron chi connectivity index (χ2n) is 5.03. The van der Waals surface area contributed by atoms with Gasteiger partial charge in [-0.25, -0.2) is 9.37 Å². The number of nitrogens with two attached hydrogens (primary N) is 1. The minimum Gasteiger partial charge on any atom is -0.323 e. The van der Waals surface area contributed by atoms with Gasteiger partial charge in [-0.05, 0) is 50.5 Å². The molecule has 0 spiro atoms. The van der Waals surface area contributed by atoms with E-state index in [4.69, 9.17) is 10.7 Å². The predicted octanol–water partition coefficient (Wildman–Crippen LogP) is 3.78. The summed E-state index contributed by atoms with van der Waals surface area (Å²) in [6, 6.07) is 6.67. The summed E-state index contributed by atoms with van der Waals surface area (Å²) in [5.74, 6) is -0.217. The molecule has 1 aromatic carbocycles.